The normalized spacial score (nSPS) is 17.4. The van der Waals surface area contributed by atoms with E-state index in [1.165, 1.54) is 25.7 Å². The van der Waals surface area contributed by atoms with Gasteiger partial charge in [-0.2, -0.15) is 4.68 Å². The van der Waals surface area contributed by atoms with Crippen molar-refractivity contribution in [3.05, 3.63) is 36.2 Å². The molecular weight excluding hydrogens is 250 g/mol. The number of aromatic nitrogens is 4. The lowest BCUT2D eigenvalue weighted by atomic mass is 9.89. The summed E-state index contributed by atoms with van der Waals surface area (Å²) in [5.41, 5.74) is 1.45. The van der Waals surface area contributed by atoms with Gasteiger partial charge in [0, 0.05) is 6.54 Å². The molecule has 0 amide bonds. The quantitative estimate of drug-likeness (QED) is 0.907. The van der Waals surface area contributed by atoms with Crippen LogP contribution >= 0.6 is 0 Å². The van der Waals surface area contributed by atoms with Gasteiger partial charge in [-0.25, -0.2) is 0 Å². The maximum Gasteiger partial charge on any atom is 0.170 e. The van der Waals surface area contributed by atoms with Crippen LogP contribution < -0.4 is 5.32 Å². The Morgan fingerprint density at radius 3 is 2.70 bits per heavy atom. The Bertz CT molecular complexity index is 542. The zero-order chi connectivity index (χ0) is 13.8. The SMILES string of the molecule is CC1(CNCc2nnnn2-c2ccccc2)CCCC1. The van der Waals surface area contributed by atoms with E-state index in [0.717, 1.165) is 18.1 Å². The fourth-order valence-corrected chi connectivity index (χ4v) is 2.97. The van der Waals surface area contributed by atoms with Crippen molar-refractivity contribution in [1.82, 2.24) is 25.5 Å². The Morgan fingerprint density at radius 1 is 1.20 bits per heavy atom. The number of tetrazole rings is 1. The summed E-state index contributed by atoms with van der Waals surface area (Å²) in [6.45, 7) is 4.11. The fourth-order valence-electron chi connectivity index (χ4n) is 2.97. The van der Waals surface area contributed by atoms with Gasteiger partial charge in [-0.3, -0.25) is 0 Å². The van der Waals surface area contributed by atoms with Crippen LogP contribution in [0.5, 0.6) is 0 Å². The minimum Gasteiger partial charge on any atom is -0.309 e. The van der Waals surface area contributed by atoms with Gasteiger partial charge < -0.3 is 5.32 Å². The minimum atomic E-state index is 0.449. The Balaban J connectivity index is 1.63. The lowest BCUT2D eigenvalue weighted by Gasteiger charge is -2.23. The average Bonchev–Trinajstić information content (AvgIpc) is 3.10. The Hall–Kier alpha value is -1.75. The van der Waals surface area contributed by atoms with Crippen LogP contribution in [0.1, 0.15) is 38.4 Å². The second kappa shape index (κ2) is 5.71. The molecule has 1 aliphatic carbocycles. The highest BCUT2D eigenvalue weighted by Crippen LogP contribution is 2.36. The third-order valence-electron chi connectivity index (χ3n) is 4.18. The molecule has 1 aliphatic rings. The van der Waals surface area contributed by atoms with E-state index in [1.807, 2.05) is 30.3 Å². The first-order chi connectivity index (χ1) is 9.77. The van der Waals surface area contributed by atoms with Crippen LogP contribution in [0, 0.1) is 5.41 Å². The summed E-state index contributed by atoms with van der Waals surface area (Å²) in [6, 6.07) is 10.0. The summed E-state index contributed by atoms with van der Waals surface area (Å²) in [5, 5.41) is 15.5. The molecule has 0 atom stereocenters. The predicted octanol–water partition coefficient (Wildman–Crippen LogP) is 2.33. The maximum absolute atomic E-state index is 4.12. The van der Waals surface area contributed by atoms with E-state index in [9.17, 15) is 0 Å². The van der Waals surface area contributed by atoms with Crippen LogP contribution in [-0.2, 0) is 6.54 Å². The molecule has 0 bridgehead atoms. The fraction of sp³-hybridized carbons (Fsp3) is 0.533. The van der Waals surface area contributed by atoms with E-state index < -0.39 is 0 Å². The van der Waals surface area contributed by atoms with Crippen molar-refractivity contribution in [2.45, 2.75) is 39.2 Å². The molecule has 0 unspecified atom stereocenters. The van der Waals surface area contributed by atoms with Crippen molar-refractivity contribution in [1.29, 1.82) is 0 Å². The molecule has 0 aliphatic heterocycles. The van der Waals surface area contributed by atoms with E-state index in [4.69, 9.17) is 0 Å². The second-order valence-corrected chi connectivity index (χ2v) is 5.96. The molecule has 1 aromatic carbocycles. The van der Waals surface area contributed by atoms with Crippen LogP contribution in [0.2, 0.25) is 0 Å². The number of nitrogens with zero attached hydrogens (tertiary/aromatic N) is 4. The topological polar surface area (TPSA) is 55.6 Å². The lowest BCUT2D eigenvalue weighted by Crippen LogP contribution is -2.30. The molecule has 1 aromatic heterocycles. The molecular formula is C15H21N5. The number of hydrogen-bond acceptors (Lipinski definition) is 4. The van der Waals surface area contributed by atoms with Crippen molar-refractivity contribution in [2.24, 2.45) is 5.41 Å². The largest absolute Gasteiger partial charge is 0.309 e. The Morgan fingerprint density at radius 2 is 1.95 bits per heavy atom. The van der Waals surface area contributed by atoms with Gasteiger partial charge in [0.25, 0.3) is 0 Å². The Kier molecular flexibility index (Phi) is 3.78. The molecule has 2 aromatic rings. The number of benzene rings is 1. The summed E-state index contributed by atoms with van der Waals surface area (Å²) in [7, 11) is 0. The first-order valence-electron chi connectivity index (χ1n) is 7.30. The van der Waals surface area contributed by atoms with Crippen LogP contribution in [0.15, 0.2) is 30.3 Å². The van der Waals surface area contributed by atoms with Crippen LogP contribution in [0.25, 0.3) is 5.69 Å². The van der Waals surface area contributed by atoms with E-state index >= 15 is 0 Å². The molecule has 1 fully saturated rings. The van der Waals surface area contributed by atoms with Gasteiger partial charge in [0.2, 0.25) is 0 Å². The van der Waals surface area contributed by atoms with Crippen LogP contribution in [0.4, 0.5) is 0 Å². The smallest absolute Gasteiger partial charge is 0.170 e. The van der Waals surface area contributed by atoms with Gasteiger partial charge >= 0.3 is 0 Å². The highest BCUT2D eigenvalue weighted by Gasteiger charge is 2.28. The van der Waals surface area contributed by atoms with Gasteiger partial charge in [0.05, 0.1) is 12.2 Å². The zero-order valence-corrected chi connectivity index (χ0v) is 11.9. The monoisotopic (exact) mass is 271 g/mol. The first kappa shape index (κ1) is 13.2. The highest BCUT2D eigenvalue weighted by molar-refractivity contribution is 5.30. The van der Waals surface area contributed by atoms with E-state index in [-0.39, 0.29) is 0 Å². The molecule has 106 valence electrons. The first-order valence-corrected chi connectivity index (χ1v) is 7.30. The molecule has 3 rings (SSSR count). The molecule has 0 radical (unpaired) electrons. The van der Waals surface area contributed by atoms with Gasteiger partial charge in [0.15, 0.2) is 5.82 Å². The lowest BCUT2D eigenvalue weighted by molar-refractivity contribution is 0.313. The van der Waals surface area contributed by atoms with Crippen molar-refractivity contribution < 1.29 is 0 Å². The number of nitrogens with one attached hydrogen (secondary N) is 1. The molecule has 1 saturated carbocycles. The van der Waals surface area contributed by atoms with Crippen LogP contribution in [0.3, 0.4) is 0 Å². The third-order valence-corrected chi connectivity index (χ3v) is 4.18. The summed E-state index contributed by atoms with van der Waals surface area (Å²) in [6.07, 6.45) is 5.37. The summed E-state index contributed by atoms with van der Waals surface area (Å²) >= 11 is 0. The highest BCUT2D eigenvalue weighted by atomic mass is 15.5. The molecule has 1 N–H and O–H groups in total. The van der Waals surface area contributed by atoms with E-state index in [0.29, 0.717) is 12.0 Å². The predicted molar refractivity (Wildman–Crippen MR) is 77.4 cm³/mol. The molecule has 0 spiro atoms. The standard InChI is InChI=1S/C15H21N5/c1-15(9-5-6-10-15)12-16-11-14-17-18-19-20(14)13-7-3-2-4-8-13/h2-4,7-8,16H,5-6,9-12H2,1H3. The molecule has 5 heteroatoms. The zero-order valence-electron chi connectivity index (χ0n) is 11.9. The van der Waals surface area contributed by atoms with Gasteiger partial charge in [-0.05, 0) is 40.8 Å². The number of hydrogen-bond donors (Lipinski definition) is 1. The molecule has 20 heavy (non-hydrogen) atoms. The molecule has 5 nitrogen and oxygen atoms in total. The third kappa shape index (κ3) is 2.88. The van der Waals surface area contributed by atoms with Gasteiger partial charge in [0.1, 0.15) is 0 Å². The summed E-state index contributed by atoms with van der Waals surface area (Å²) in [4.78, 5) is 0. The molecule has 0 saturated heterocycles. The van der Waals surface area contributed by atoms with Crippen molar-refractivity contribution >= 4 is 0 Å². The average molecular weight is 271 g/mol. The van der Waals surface area contributed by atoms with E-state index in [2.05, 4.69) is 27.8 Å². The van der Waals surface area contributed by atoms with Crippen molar-refractivity contribution in [2.75, 3.05) is 6.54 Å². The van der Waals surface area contributed by atoms with E-state index in [1.54, 1.807) is 4.68 Å². The summed E-state index contributed by atoms with van der Waals surface area (Å²) < 4.78 is 1.80. The van der Waals surface area contributed by atoms with Crippen molar-refractivity contribution in [3.63, 3.8) is 0 Å². The Labute approximate surface area is 119 Å². The number of rotatable bonds is 5. The second-order valence-electron chi connectivity index (χ2n) is 5.96. The minimum absolute atomic E-state index is 0.449. The molecule has 1 heterocycles. The maximum atomic E-state index is 4.12. The van der Waals surface area contributed by atoms with Crippen molar-refractivity contribution in [3.8, 4) is 5.69 Å². The number of para-hydroxylation sites is 1. The summed E-state index contributed by atoms with van der Waals surface area (Å²) in [5.74, 6) is 0.859. The van der Waals surface area contributed by atoms with Gasteiger partial charge in [-0.15, -0.1) is 5.10 Å². The van der Waals surface area contributed by atoms with Crippen LogP contribution in [-0.4, -0.2) is 26.8 Å². The van der Waals surface area contributed by atoms with Gasteiger partial charge in [-0.1, -0.05) is 38.0 Å².